The van der Waals surface area contributed by atoms with E-state index in [1.165, 1.54) is 0 Å². The van der Waals surface area contributed by atoms with Crippen LogP contribution in [-0.2, 0) is 25.3 Å². The number of morpholine rings is 1. The van der Waals surface area contributed by atoms with Crippen molar-refractivity contribution in [1.29, 1.82) is 0 Å². The first-order chi connectivity index (χ1) is 12.6. The largest absolute Gasteiger partial charge is 0.396 e. The lowest BCUT2D eigenvalue weighted by Gasteiger charge is -2.43. The molecule has 1 aromatic rings. The number of ether oxygens (including phenoxy) is 1. The number of aliphatic hydroxyl groups excluding tert-OH is 1. The summed E-state index contributed by atoms with van der Waals surface area (Å²) < 4.78 is 31.9. The van der Waals surface area contributed by atoms with Crippen molar-refractivity contribution in [3.63, 3.8) is 0 Å². The van der Waals surface area contributed by atoms with Crippen LogP contribution in [0.15, 0.2) is 18.2 Å². The highest BCUT2D eigenvalue weighted by atomic mass is 35.5. The number of amides is 1. The molecular formula is C17H23Cl2NO6S. The molecule has 2 N–H and O–H groups in total. The first-order valence-corrected chi connectivity index (χ1v) is 11.1. The normalized spacial score (nSPS) is 22.8. The molecule has 1 atom stereocenters. The van der Waals surface area contributed by atoms with Gasteiger partial charge in [-0.25, -0.2) is 0 Å². The second-order valence-electron chi connectivity index (χ2n) is 6.71. The monoisotopic (exact) mass is 439 g/mol. The van der Waals surface area contributed by atoms with Crippen molar-refractivity contribution >= 4 is 39.2 Å². The summed E-state index contributed by atoms with van der Waals surface area (Å²) in [5.41, 5.74) is 0.135. The van der Waals surface area contributed by atoms with Gasteiger partial charge in [0, 0.05) is 25.5 Å². The van der Waals surface area contributed by atoms with Crippen LogP contribution in [0, 0.1) is 5.92 Å². The summed E-state index contributed by atoms with van der Waals surface area (Å²) in [6.45, 7) is 1.48. The molecule has 1 aromatic carbocycles. The van der Waals surface area contributed by atoms with Crippen molar-refractivity contribution in [3.05, 3.63) is 33.8 Å². The SMILES string of the molecule is CS(=O)(=O)O.O=C(C1CC1)N1CCO[C@](CCO)(c2ccc(Cl)c(Cl)c2)C1. The van der Waals surface area contributed by atoms with Crippen molar-refractivity contribution in [2.24, 2.45) is 5.92 Å². The molecule has 1 aliphatic carbocycles. The molecule has 152 valence electrons. The average molecular weight is 440 g/mol. The van der Waals surface area contributed by atoms with Crippen LogP contribution >= 0.6 is 23.2 Å². The third kappa shape index (κ3) is 6.58. The molecule has 27 heavy (non-hydrogen) atoms. The van der Waals surface area contributed by atoms with Crippen LogP contribution in [0.25, 0.3) is 0 Å². The Balaban J connectivity index is 0.000000465. The smallest absolute Gasteiger partial charge is 0.261 e. The first kappa shape index (κ1) is 22.4. The molecule has 0 bridgehead atoms. The minimum atomic E-state index is -3.67. The van der Waals surface area contributed by atoms with Gasteiger partial charge in [0.15, 0.2) is 0 Å². The van der Waals surface area contributed by atoms with Crippen molar-refractivity contribution in [1.82, 2.24) is 4.90 Å². The van der Waals surface area contributed by atoms with Crippen LogP contribution in [-0.4, -0.2) is 61.4 Å². The van der Waals surface area contributed by atoms with Crippen molar-refractivity contribution in [3.8, 4) is 0 Å². The van der Waals surface area contributed by atoms with E-state index in [-0.39, 0.29) is 18.4 Å². The van der Waals surface area contributed by atoms with E-state index in [1.54, 1.807) is 12.1 Å². The Morgan fingerprint density at radius 1 is 1.33 bits per heavy atom. The van der Waals surface area contributed by atoms with Crippen LogP contribution < -0.4 is 0 Å². The summed E-state index contributed by atoms with van der Waals surface area (Å²) in [5.74, 6) is 0.379. The van der Waals surface area contributed by atoms with E-state index in [4.69, 9.17) is 32.5 Å². The molecule has 1 saturated heterocycles. The molecule has 3 rings (SSSR count). The number of carbonyl (C=O) groups excluding carboxylic acids is 1. The fourth-order valence-corrected chi connectivity index (χ4v) is 3.29. The van der Waals surface area contributed by atoms with Crippen molar-refractivity contribution in [2.45, 2.75) is 24.9 Å². The highest BCUT2D eigenvalue weighted by molar-refractivity contribution is 7.85. The molecule has 2 fully saturated rings. The lowest BCUT2D eigenvalue weighted by molar-refractivity contribution is -0.157. The number of benzene rings is 1. The number of rotatable bonds is 4. The Hall–Kier alpha value is -0.900. The maximum atomic E-state index is 12.4. The van der Waals surface area contributed by atoms with Crippen molar-refractivity contribution < 1.29 is 27.6 Å². The summed E-state index contributed by atoms with van der Waals surface area (Å²) in [7, 11) is -3.67. The van der Waals surface area contributed by atoms with Gasteiger partial charge in [0.2, 0.25) is 5.91 Å². The van der Waals surface area contributed by atoms with Crippen molar-refractivity contribution in [2.75, 3.05) is 32.6 Å². The van der Waals surface area contributed by atoms with Gasteiger partial charge in [-0.1, -0.05) is 29.3 Å². The van der Waals surface area contributed by atoms with E-state index in [2.05, 4.69) is 0 Å². The minimum absolute atomic E-state index is 0.0221. The number of carbonyl (C=O) groups is 1. The van der Waals surface area contributed by atoms with E-state index < -0.39 is 15.7 Å². The fourth-order valence-electron chi connectivity index (χ4n) is 2.99. The molecular weight excluding hydrogens is 417 g/mol. The van der Waals surface area contributed by atoms with Gasteiger partial charge < -0.3 is 14.7 Å². The molecule has 1 saturated carbocycles. The molecule has 0 radical (unpaired) electrons. The van der Waals surface area contributed by atoms with Gasteiger partial charge in [-0.05, 0) is 30.5 Å². The number of nitrogens with zero attached hydrogens (tertiary/aromatic N) is 1. The van der Waals surface area contributed by atoms with E-state index in [0.717, 1.165) is 18.4 Å². The van der Waals surface area contributed by atoms with E-state index in [1.807, 2.05) is 11.0 Å². The predicted molar refractivity (Wildman–Crippen MR) is 103 cm³/mol. The summed E-state index contributed by atoms with van der Waals surface area (Å²) in [5, 5.41) is 10.4. The van der Waals surface area contributed by atoms with Gasteiger partial charge in [0.25, 0.3) is 10.1 Å². The molecule has 2 aliphatic rings. The summed E-state index contributed by atoms with van der Waals surface area (Å²) in [6, 6.07) is 5.35. The molecule has 0 unspecified atom stereocenters. The third-order valence-corrected chi connectivity index (χ3v) is 5.12. The fraction of sp³-hybridized carbons (Fsp3) is 0.588. The van der Waals surface area contributed by atoms with Crippen LogP contribution in [0.4, 0.5) is 0 Å². The highest BCUT2D eigenvalue weighted by Gasteiger charge is 2.43. The molecule has 7 nitrogen and oxygen atoms in total. The number of hydrogen-bond donors (Lipinski definition) is 2. The molecule has 1 amide bonds. The van der Waals surface area contributed by atoms with Crippen LogP contribution in [0.3, 0.4) is 0 Å². The highest BCUT2D eigenvalue weighted by Crippen LogP contribution is 2.38. The Morgan fingerprint density at radius 2 is 1.96 bits per heavy atom. The van der Waals surface area contributed by atoms with Gasteiger partial charge in [0.1, 0.15) is 5.60 Å². The van der Waals surface area contributed by atoms with Gasteiger partial charge in [0.05, 0.1) is 29.5 Å². The van der Waals surface area contributed by atoms with E-state index in [0.29, 0.717) is 42.4 Å². The zero-order valence-electron chi connectivity index (χ0n) is 14.9. The number of aliphatic hydroxyl groups is 1. The van der Waals surface area contributed by atoms with Gasteiger partial charge in [-0.15, -0.1) is 0 Å². The number of halogens is 2. The average Bonchev–Trinajstić information content (AvgIpc) is 3.40. The van der Waals surface area contributed by atoms with E-state index in [9.17, 15) is 18.3 Å². The topological polar surface area (TPSA) is 104 Å². The Bertz CT molecular complexity index is 772. The Labute approximate surface area is 169 Å². The first-order valence-electron chi connectivity index (χ1n) is 8.47. The Kier molecular flexibility index (Phi) is 7.52. The van der Waals surface area contributed by atoms with Crippen LogP contribution in [0.2, 0.25) is 10.0 Å². The Morgan fingerprint density at radius 3 is 2.48 bits per heavy atom. The third-order valence-electron chi connectivity index (χ3n) is 4.39. The lowest BCUT2D eigenvalue weighted by Crippen LogP contribution is -2.52. The van der Waals surface area contributed by atoms with Crippen LogP contribution in [0.1, 0.15) is 24.8 Å². The predicted octanol–water partition coefficient (Wildman–Crippen LogP) is 2.34. The second-order valence-corrected chi connectivity index (χ2v) is 8.99. The van der Waals surface area contributed by atoms with Gasteiger partial charge in [-0.2, -0.15) is 8.42 Å². The zero-order chi connectivity index (χ0) is 20.2. The molecule has 1 heterocycles. The lowest BCUT2D eigenvalue weighted by atomic mass is 9.88. The standard InChI is InChI=1S/C16H19Cl2NO3.CH4O3S/c17-13-4-3-12(9-14(13)18)16(5-7-20)10-19(6-8-22-16)15(21)11-1-2-11;1-5(2,3)4/h3-4,9,11,20H,1-2,5-8,10H2;1H3,(H,2,3,4)/t16-;/m0./s1. The maximum absolute atomic E-state index is 12.4. The number of hydrogen-bond acceptors (Lipinski definition) is 5. The van der Waals surface area contributed by atoms with Gasteiger partial charge >= 0.3 is 0 Å². The quantitative estimate of drug-likeness (QED) is 0.697. The maximum Gasteiger partial charge on any atom is 0.261 e. The summed E-state index contributed by atoms with van der Waals surface area (Å²) in [6.07, 6.45) is 3.10. The van der Waals surface area contributed by atoms with Crippen LogP contribution in [0.5, 0.6) is 0 Å². The molecule has 10 heteroatoms. The molecule has 0 spiro atoms. The molecule has 1 aliphatic heterocycles. The zero-order valence-corrected chi connectivity index (χ0v) is 17.2. The van der Waals surface area contributed by atoms with Gasteiger partial charge in [-0.3, -0.25) is 9.35 Å². The summed E-state index contributed by atoms with van der Waals surface area (Å²) in [4.78, 5) is 14.2. The van der Waals surface area contributed by atoms with E-state index >= 15 is 0 Å². The second kappa shape index (κ2) is 9.07. The summed E-state index contributed by atoms with van der Waals surface area (Å²) >= 11 is 12.1. The molecule has 0 aromatic heterocycles. The minimum Gasteiger partial charge on any atom is -0.396 e.